The third-order valence-corrected chi connectivity index (χ3v) is 6.09. The number of amides is 1. The first-order chi connectivity index (χ1) is 16.3. The Labute approximate surface area is 192 Å². The van der Waals surface area contributed by atoms with Crippen molar-refractivity contribution >= 4 is 23.4 Å². The fourth-order valence-electron chi connectivity index (χ4n) is 4.32. The van der Waals surface area contributed by atoms with E-state index in [9.17, 15) is 18.0 Å². The fraction of sp³-hybridized carbons (Fsp3) is 0.364. The first-order valence-corrected chi connectivity index (χ1v) is 10.8. The van der Waals surface area contributed by atoms with Crippen LogP contribution in [-0.4, -0.2) is 43.1 Å². The number of aromatic nitrogens is 5. The van der Waals surface area contributed by atoms with Gasteiger partial charge in [0.15, 0.2) is 5.69 Å². The summed E-state index contributed by atoms with van der Waals surface area (Å²) >= 11 is 0. The van der Waals surface area contributed by atoms with Gasteiger partial charge in [-0.1, -0.05) is 0 Å². The highest BCUT2D eigenvalue weighted by Gasteiger charge is 2.34. The molecule has 3 aromatic heterocycles. The van der Waals surface area contributed by atoms with Crippen LogP contribution in [0.2, 0.25) is 0 Å². The van der Waals surface area contributed by atoms with Crippen molar-refractivity contribution in [2.45, 2.75) is 51.0 Å². The minimum atomic E-state index is -4.56. The summed E-state index contributed by atoms with van der Waals surface area (Å²) in [5, 5.41) is 13.1. The average Bonchev–Trinajstić information content (AvgIpc) is 3.39. The molecule has 0 bridgehead atoms. The first kappa shape index (κ1) is 22.0. The molecule has 2 atom stereocenters. The lowest BCUT2D eigenvalue weighted by Crippen LogP contribution is -2.24. The van der Waals surface area contributed by atoms with Crippen molar-refractivity contribution in [3.63, 3.8) is 0 Å². The molecule has 1 aliphatic carbocycles. The van der Waals surface area contributed by atoms with E-state index in [0.717, 1.165) is 30.5 Å². The number of fused-ring (bicyclic) bond motifs is 1. The minimum Gasteiger partial charge on any atom is -0.367 e. The van der Waals surface area contributed by atoms with Crippen molar-refractivity contribution in [2.24, 2.45) is 0 Å². The van der Waals surface area contributed by atoms with E-state index in [4.69, 9.17) is 0 Å². The molecule has 176 valence electrons. The molecule has 1 aliphatic heterocycles. The molecule has 0 aromatic carbocycles. The zero-order chi connectivity index (χ0) is 23.9. The topological polar surface area (TPSA) is 109 Å². The van der Waals surface area contributed by atoms with E-state index < -0.39 is 11.9 Å². The van der Waals surface area contributed by atoms with Gasteiger partial charge in [-0.2, -0.15) is 13.2 Å². The second-order valence-electron chi connectivity index (χ2n) is 8.38. The van der Waals surface area contributed by atoms with Gasteiger partial charge in [-0.3, -0.25) is 9.78 Å². The summed E-state index contributed by atoms with van der Waals surface area (Å²) in [6.45, 7) is 2.37. The fourth-order valence-corrected chi connectivity index (χ4v) is 4.32. The molecule has 0 unspecified atom stereocenters. The maximum atomic E-state index is 12.7. The van der Waals surface area contributed by atoms with Crippen molar-refractivity contribution in [3.8, 4) is 0 Å². The van der Waals surface area contributed by atoms with E-state index in [-0.39, 0.29) is 23.9 Å². The number of nitrogens with one attached hydrogen (secondary N) is 2. The van der Waals surface area contributed by atoms with Crippen LogP contribution in [0.1, 0.15) is 46.6 Å². The van der Waals surface area contributed by atoms with Gasteiger partial charge in [0.2, 0.25) is 5.95 Å². The van der Waals surface area contributed by atoms with Gasteiger partial charge in [0, 0.05) is 35.1 Å². The van der Waals surface area contributed by atoms with Gasteiger partial charge in [-0.15, -0.1) is 10.2 Å². The Kier molecular flexibility index (Phi) is 5.50. The van der Waals surface area contributed by atoms with Crippen molar-refractivity contribution < 1.29 is 18.0 Å². The van der Waals surface area contributed by atoms with E-state index in [1.54, 1.807) is 23.4 Å². The largest absolute Gasteiger partial charge is 0.436 e. The summed E-state index contributed by atoms with van der Waals surface area (Å²) in [4.78, 5) is 26.9. The predicted molar refractivity (Wildman–Crippen MR) is 117 cm³/mol. The number of alkyl halides is 3. The number of carbonyl (C=O) groups excluding carboxylic acids is 1. The summed E-state index contributed by atoms with van der Waals surface area (Å²) in [5.74, 6) is 0.694. The Morgan fingerprint density at radius 1 is 1.00 bits per heavy atom. The highest BCUT2D eigenvalue weighted by Crippen LogP contribution is 2.30. The van der Waals surface area contributed by atoms with Crippen LogP contribution in [0.4, 0.5) is 30.6 Å². The van der Waals surface area contributed by atoms with Gasteiger partial charge in [-0.25, -0.2) is 9.97 Å². The molecule has 12 heteroatoms. The number of pyridine rings is 2. The summed E-state index contributed by atoms with van der Waals surface area (Å²) in [7, 11) is 0. The maximum Gasteiger partial charge on any atom is 0.436 e. The summed E-state index contributed by atoms with van der Waals surface area (Å²) in [6, 6.07) is 5.57. The van der Waals surface area contributed by atoms with Crippen LogP contribution >= 0.6 is 0 Å². The number of rotatable bonds is 5. The van der Waals surface area contributed by atoms with Gasteiger partial charge in [0.25, 0.3) is 5.91 Å². The van der Waals surface area contributed by atoms with E-state index in [1.165, 1.54) is 0 Å². The number of aryl methyl sites for hydroxylation is 1. The monoisotopic (exact) mass is 470 g/mol. The first-order valence-electron chi connectivity index (χ1n) is 10.8. The summed E-state index contributed by atoms with van der Waals surface area (Å²) in [6.07, 6.45) is 1.79. The van der Waals surface area contributed by atoms with Crippen LogP contribution in [-0.2, 0) is 12.7 Å². The van der Waals surface area contributed by atoms with Crippen LogP contribution in [0, 0.1) is 6.92 Å². The molecule has 5 rings (SSSR count). The second kappa shape index (κ2) is 8.50. The van der Waals surface area contributed by atoms with E-state index in [0.29, 0.717) is 29.8 Å². The van der Waals surface area contributed by atoms with Crippen LogP contribution < -0.4 is 15.5 Å². The molecule has 0 radical (unpaired) electrons. The Balaban J connectivity index is 1.16. The van der Waals surface area contributed by atoms with Crippen molar-refractivity contribution in [2.75, 3.05) is 15.5 Å². The highest BCUT2D eigenvalue weighted by molar-refractivity contribution is 6.10. The number of nitrogens with zero attached hydrogens (tertiary/aromatic N) is 6. The molecule has 2 aliphatic rings. The minimum absolute atomic E-state index is 0.00730. The quantitative estimate of drug-likeness (QED) is 0.582. The third-order valence-electron chi connectivity index (χ3n) is 6.09. The second-order valence-corrected chi connectivity index (χ2v) is 8.38. The van der Waals surface area contributed by atoms with E-state index in [2.05, 4.69) is 35.8 Å². The van der Waals surface area contributed by atoms with E-state index in [1.807, 2.05) is 19.1 Å². The molecule has 34 heavy (non-hydrogen) atoms. The van der Waals surface area contributed by atoms with Crippen LogP contribution in [0.15, 0.2) is 36.8 Å². The summed E-state index contributed by atoms with van der Waals surface area (Å²) in [5.41, 5.74) is 2.05. The smallest absolute Gasteiger partial charge is 0.367 e. The van der Waals surface area contributed by atoms with Crippen molar-refractivity contribution in [1.82, 2.24) is 25.1 Å². The average molecular weight is 470 g/mol. The molecule has 0 saturated heterocycles. The molecule has 4 heterocycles. The van der Waals surface area contributed by atoms with Crippen molar-refractivity contribution in [3.05, 3.63) is 59.3 Å². The standard InChI is InChI=1S/C22H21F3N8O/c1-12-17-11-33(20(34)16(17)6-7-26-12)15-4-5-19(27-9-15)29-13-2-3-14(8-13)30-21-28-10-18(31-32-21)22(23,24)25/h4-7,9-10,13-14H,2-3,8,11H2,1H3,(H,27,29)(H,28,30,32)/t13-,14-/m0/s1. The van der Waals surface area contributed by atoms with Crippen LogP contribution in [0.3, 0.4) is 0 Å². The number of carbonyl (C=O) groups is 1. The van der Waals surface area contributed by atoms with Gasteiger partial charge in [0.1, 0.15) is 5.82 Å². The SMILES string of the molecule is Cc1nccc2c1CN(c1ccc(N[C@H]3CC[C@H](Nc4ncc(C(F)(F)F)nn4)C3)nc1)C2=O. The summed E-state index contributed by atoms with van der Waals surface area (Å²) < 4.78 is 37.8. The van der Waals surface area contributed by atoms with Crippen molar-refractivity contribution in [1.29, 1.82) is 0 Å². The zero-order valence-electron chi connectivity index (χ0n) is 18.2. The molecular weight excluding hydrogens is 449 g/mol. The number of halogens is 3. The lowest BCUT2D eigenvalue weighted by atomic mass is 10.1. The Hall–Kier alpha value is -3.83. The number of hydrogen-bond acceptors (Lipinski definition) is 8. The molecule has 3 aromatic rings. The lowest BCUT2D eigenvalue weighted by molar-refractivity contribution is -0.142. The molecule has 9 nitrogen and oxygen atoms in total. The predicted octanol–water partition coefficient (Wildman–Crippen LogP) is 3.59. The van der Waals surface area contributed by atoms with E-state index >= 15 is 0 Å². The Morgan fingerprint density at radius 2 is 1.79 bits per heavy atom. The van der Waals surface area contributed by atoms with Gasteiger partial charge < -0.3 is 15.5 Å². The van der Waals surface area contributed by atoms with Crippen LogP contribution in [0.5, 0.6) is 0 Å². The van der Waals surface area contributed by atoms with Gasteiger partial charge in [-0.05, 0) is 44.4 Å². The molecule has 0 spiro atoms. The highest BCUT2D eigenvalue weighted by atomic mass is 19.4. The number of anilines is 3. The molecular formula is C22H21F3N8O. The zero-order valence-corrected chi connectivity index (χ0v) is 18.2. The van der Waals surface area contributed by atoms with Gasteiger partial charge in [0.05, 0.1) is 24.6 Å². The number of hydrogen-bond donors (Lipinski definition) is 2. The molecule has 1 amide bonds. The lowest BCUT2D eigenvalue weighted by Gasteiger charge is -2.18. The van der Waals surface area contributed by atoms with Gasteiger partial charge >= 0.3 is 6.18 Å². The Morgan fingerprint density at radius 3 is 2.44 bits per heavy atom. The van der Waals surface area contributed by atoms with Crippen LogP contribution in [0.25, 0.3) is 0 Å². The third kappa shape index (κ3) is 4.35. The normalized spacial score (nSPS) is 19.9. The molecule has 1 fully saturated rings. The molecule has 1 saturated carbocycles. The maximum absolute atomic E-state index is 12.7. The molecule has 2 N–H and O–H groups in total. The Bertz CT molecular complexity index is 1200.